The van der Waals surface area contributed by atoms with E-state index >= 15 is 0 Å². The first-order valence-corrected chi connectivity index (χ1v) is 9.57. The van der Waals surface area contributed by atoms with Crippen molar-refractivity contribution >= 4 is 33.0 Å². The van der Waals surface area contributed by atoms with Crippen LogP contribution in [-0.4, -0.2) is 38.4 Å². The van der Waals surface area contributed by atoms with Gasteiger partial charge in [-0.15, -0.1) is 11.3 Å². The average Bonchev–Trinajstić information content (AvgIpc) is 2.86. The van der Waals surface area contributed by atoms with Crippen LogP contribution in [0.3, 0.4) is 0 Å². The smallest absolute Gasteiger partial charge is 0.252 e. The molecule has 1 saturated heterocycles. The monoisotopic (exact) mass is 336 g/mol. The molecule has 4 nitrogen and oxygen atoms in total. The first kappa shape index (κ1) is 16.2. The zero-order valence-electron chi connectivity index (χ0n) is 11.8. The summed E-state index contributed by atoms with van der Waals surface area (Å²) in [6, 6.07) is 3.58. The highest BCUT2D eigenvalue weighted by molar-refractivity contribution is 7.91. The number of sulfonamides is 1. The van der Waals surface area contributed by atoms with Crippen LogP contribution in [0.15, 0.2) is 16.3 Å². The Morgan fingerprint density at radius 2 is 2.30 bits per heavy atom. The molecule has 0 bridgehead atoms. The number of nitrogens with zero attached hydrogens (tertiary/aromatic N) is 1. The van der Waals surface area contributed by atoms with Crippen LogP contribution in [-0.2, 0) is 10.0 Å². The van der Waals surface area contributed by atoms with Crippen LogP contribution in [0.5, 0.6) is 0 Å². The standard InChI is InChI=1S/C13H21ClN2O2S2/c1-3-15-10(2)11-5-4-8-16(9-11)20(17,18)13-7-6-12(14)19-13/h6-7,10-11,15H,3-5,8-9H2,1-2H3. The summed E-state index contributed by atoms with van der Waals surface area (Å²) in [6.07, 6.45) is 1.99. The van der Waals surface area contributed by atoms with Crippen LogP contribution < -0.4 is 5.32 Å². The lowest BCUT2D eigenvalue weighted by Crippen LogP contribution is -2.46. The van der Waals surface area contributed by atoms with Crippen molar-refractivity contribution in [2.75, 3.05) is 19.6 Å². The molecule has 20 heavy (non-hydrogen) atoms. The molecule has 1 N–H and O–H groups in total. The van der Waals surface area contributed by atoms with Gasteiger partial charge in [0.25, 0.3) is 10.0 Å². The first-order chi connectivity index (χ1) is 9.45. The number of piperidine rings is 1. The van der Waals surface area contributed by atoms with Crippen molar-refractivity contribution in [3.8, 4) is 0 Å². The van der Waals surface area contributed by atoms with E-state index in [1.54, 1.807) is 16.4 Å². The van der Waals surface area contributed by atoms with E-state index in [-0.39, 0.29) is 0 Å². The van der Waals surface area contributed by atoms with Gasteiger partial charge in [-0.3, -0.25) is 0 Å². The van der Waals surface area contributed by atoms with Gasteiger partial charge in [0, 0.05) is 19.1 Å². The molecular weight excluding hydrogens is 316 g/mol. The summed E-state index contributed by atoms with van der Waals surface area (Å²) in [7, 11) is -3.38. The van der Waals surface area contributed by atoms with Crippen LogP contribution in [0.2, 0.25) is 4.34 Å². The second-order valence-electron chi connectivity index (χ2n) is 5.17. The molecule has 1 fully saturated rings. The molecule has 1 aromatic rings. The Hall–Kier alpha value is -0.140. The Bertz CT molecular complexity index is 544. The number of thiophene rings is 1. The fraction of sp³-hybridized carbons (Fsp3) is 0.692. The normalized spacial score (nSPS) is 22.9. The Labute approximate surface area is 130 Å². The SMILES string of the molecule is CCNC(C)C1CCCN(S(=O)(=O)c2ccc(Cl)s2)C1. The van der Waals surface area contributed by atoms with E-state index < -0.39 is 10.0 Å². The van der Waals surface area contributed by atoms with Gasteiger partial charge in [0.1, 0.15) is 4.21 Å². The lowest BCUT2D eigenvalue weighted by molar-refractivity contribution is 0.225. The van der Waals surface area contributed by atoms with Crippen molar-refractivity contribution in [1.82, 2.24) is 9.62 Å². The molecule has 2 heterocycles. The number of hydrogen-bond acceptors (Lipinski definition) is 4. The van der Waals surface area contributed by atoms with Crippen LogP contribution in [0.4, 0.5) is 0 Å². The van der Waals surface area contributed by atoms with Gasteiger partial charge in [0.2, 0.25) is 0 Å². The number of hydrogen-bond donors (Lipinski definition) is 1. The molecule has 1 aromatic heterocycles. The molecular formula is C13H21ClN2O2S2. The fourth-order valence-electron chi connectivity index (χ4n) is 2.65. The van der Waals surface area contributed by atoms with Crippen molar-refractivity contribution in [2.24, 2.45) is 5.92 Å². The minimum absolute atomic E-state index is 0.338. The Kier molecular flexibility index (Phi) is 5.48. The molecule has 0 aromatic carbocycles. The minimum atomic E-state index is -3.38. The lowest BCUT2D eigenvalue weighted by atomic mass is 9.93. The topological polar surface area (TPSA) is 49.4 Å². The maximum Gasteiger partial charge on any atom is 0.252 e. The van der Waals surface area contributed by atoms with Crippen molar-refractivity contribution in [1.29, 1.82) is 0 Å². The molecule has 0 saturated carbocycles. The molecule has 7 heteroatoms. The van der Waals surface area contributed by atoms with Crippen molar-refractivity contribution in [3.63, 3.8) is 0 Å². The zero-order chi connectivity index (χ0) is 14.8. The molecule has 2 unspecified atom stereocenters. The van der Waals surface area contributed by atoms with Gasteiger partial charge in [-0.05, 0) is 44.4 Å². The van der Waals surface area contributed by atoms with Gasteiger partial charge in [0.05, 0.1) is 4.34 Å². The maximum absolute atomic E-state index is 12.6. The zero-order valence-corrected chi connectivity index (χ0v) is 14.2. The van der Waals surface area contributed by atoms with Crippen molar-refractivity contribution < 1.29 is 8.42 Å². The number of halogens is 1. The molecule has 0 radical (unpaired) electrons. The highest BCUT2D eigenvalue weighted by Gasteiger charge is 2.32. The predicted octanol–water partition coefficient (Wildman–Crippen LogP) is 2.80. The van der Waals surface area contributed by atoms with Crippen LogP contribution in [0.25, 0.3) is 0 Å². The number of nitrogens with one attached hydrogen (secondary N) is 1. The first-order valence-electron chi connectivity index (χ1n) is 6.94. The van der Waals surface area contributed by atoms with Crippen LogP contribution in [0, 0.1) is 5.92 Å². The molecule has 2 atom stereocenters. The quantitative estimate of drug-likeness (QED) is 0.899. The van der Waals surface area contributed by atoms with Gasteiger partial charge in [-0.25, -0.2) is 8.42 Å². The third-order valence-corrected chi connectivity index (χ3v) is 7.36. The third kappa shape index (κ3) is 3.54. The summed E-state index contributed by atoms with van der Waals surface area (Å²) < 4.78 is 27.6. The van der Waals surface area contributed by atoms with Gasteiger partial charge in [-0.1, -0.05) is 18.5 Å². The summed E-state index contributed by atoms with van der Waals surface area (Å²) in [5, 5.41) is 3.39. The summed E-state index contributed by atoms with van der Waals surface area (Å²) in [4.78, 5) is 0. The Balaban J connectivity index is 2.12. The molecule has 1 aliphatic rings. The van der Waals surface area contributed by atoms with E-state index in [1.165, 1.54) is 0 Å². The lowest BCUT2D eigenvalue weighted by Gasteiger charge is -2.35. The second kappa shape index (κ2) is 6.75. The van der Waals surface area contributed by atoms with E-state index in [0.29, 0.717) is 33.6 Å². The number of rotatable bonds is 5. The van der Waals surface area contributed by atoms with E-state index in [1.807, 2.05) is 0 Å². The van der Waals surface area contributed by atoms with E-state index in [2.05, 4.69) is 19.2 Å². The Morgan fingerprint density at radius 3 is 2.90 bits per heavy atom. The summed E-state index contributed by atoms with van der Waals surface area (Å²) >= 11 is 6.98. The summed E-state index contributed by atoms with van der Waals surface area (Å²) in [5.74, 6) is 0.369. The van der Waals surface area contributed by atoms with Gasteiger partial charge in [0.15, 0.2) is 0 Å². The molecule has 0 aliphatic carbocycles. The predicted molar refractivity (Wildman–Crippen MR) is 84.0 cm³/mol. The summed E-state index contributed by atoms with van der Waals surface area (Å²) in [6.45, 7) is 6.30. The van der Waals surface area contributed by atoms with Crippen LogP contribution >= 0.6 is 22.9 Å². The molecule has 0 spiro atoms. The molecule has 0 amide bonds. The third-order valence-electron chi connectivity index (χ3n) is 3.80. The van der Waals surface area contributed by atoms with Crippen molar-refractivity contribution in [2.45, 2.75) is 36.9 Å². The molecule has 114 valence electrons. The highest BCUT2D eigenvalue weighted by atomic mass is 35.5. The minimum Gasteiger partial charge on any atom is -0.314 e. The molecule has 2 rings (SSSR count). The molecule has 1 aliphatic heterocycles. The van der Waals surface area contributed by atoms with E-state index in [0.717, 1.165) is 30.7 Å². The maximum atomic E-state index is 12.6. The highest BCUT2D eigenvalue weighted by Crippen LogP contribution is 2.31. The van der Waals surface area contributed by atoms with Gasteiger partial charge in [-0.2, -0.15) is 4.31 Å². The van der Waals surface area contributed by atoms with Gasteiger partial charge < -0.3 is 5.32 Å². The van der Waals surface area contributed by atoms with E-state index in [4.69, 9.17) is 11.6 Å². The largest absolute Gasteiger partial charge is 0.314 e. The average molecular weight is 337 g/mol. The second-order valence-corrected chi connectivity index (χ2v) is 9.05. The fourth-order valence-corrected chi connectivity index (χ4v) is 5.83. The van der Waals surface area contributed by atoms with Gasteiger partial charge >= 0.3 is 0 Å². The van der Waals surface area contributed by atoms with E-state index in [9.17, 15) is 8.42 Å². The Morgan fingerprint density at radius 1 is 1.55 bits per heavy atom. The summed E-state index contributed by atoms with van der Waals surface area (Å²) in [5.41, 5.74) is 0. The van der Waals surface area contributed by atoms with Crippen LogP contribution in [0.1, 0.15) is 26.7 Å². The van der Waals surface area contributed by atoms with Crippen molar-refractivity contribution in [3.05, 3.63) is 16.5 Å².